The highest BCUT2D eigenvalue weighted by Crippen LogP contribution is 2.30. The standard InChI is InChI=1S/C25H40O11/c1-2-16(1)3-26-14-22(33-10-18-6-29-18)24(35-12-20-8-31-20)25(36-13-21-9-32-21)23(34-11-19-7-30-19)15-27-4-17-5-28-17/h16-25H,1-15H2/t17?,18?,19?,20?,21?,22-,23+,24+,25+/m0/s1. The third-order valence-electron chi connectivity index (χ3n) is 6.93. The zero-order chi connectivity index (χ0) is 24.2. The highest BCUT2D eigenvalue weighted by Gasteiger charge is 2.43. The maximum Gasteiger partial charge on any atom is 0.115 e. The maximum absolute atomic E-state index is 6.48. The maximum atomic E-state index is 6.48. The molecule has 206 valence electrons. The van der Waals surface area contributed by atoms with Gasteiger partial charge in [-0.05, 0) is 18.8 Å². The van der Waals surface area contributed by atoms with Gasteiger partial charge in [-0.3, -0.25) is 0 Å². The van der Waals surface area contributed by atoms with Gasteiger partial charge in [0.1, 0.15) is 54.9 Å². The molecule has 1 saturated carbocycles. The largest absolute Gasteiger partial charge is 0.378 e. The van der Waals surface area contributed by atoms with E-state index in [0.29, 0.717) is 72.0 Å². The lowest BCUT2D eigenvalue weighted by atomic mass is 10.0. The summed E-state index contributed by atoms with van der Waals surface area (Å²) in [5.41, 5.74) is 0. The van der Waals surface area contributed by atoms with Gasteiger partial charge in [0.2, 0.25) is 0 Å². The Morgan fingerprint density at radius 3 is 1.22 bits per heavy atom. The average Bonchev–Trinajstić information content (AvgIpc) is 3.67. The Morgan fingerprint density at radius 1 is 0.472 bits per heavy atom. The van der Waals surface area contributed by atoms with Crippen molar-refractivity contribution in [3.63, 3.8) is 0 Å². The molecular weight excluding hydrogens is 476 g/mol. The van der Waals surface area contributed by atoms with Gasteiger partial charge in [0.05, 0.1) is 79.3 Å². The molecule has 6 aliphatic rings. The molecule has 11 heteroatoms. The van der Waals surface area contributed by atoms with Crippen molar-refractivity contribution >= 4 is 0 Å². The Kier molecular flexibility index (Phi) is 9.04. The molecule has 0 aromatic heterocycles. The van der Waals surface area contributed by atoms with Crippen LogP contribution in [0.25, 0.3) is 0 Å². The summed E-state index contributed by atoms with van der Waals surface area (Å²) in [6.45, 7) is 7.51. The Hall–Kier alpha value is -0.440. The van der Waals surface area contributed by atoms with E-state index in [0.717, 1.165) is 19.8 Å². The van der Waals surface area contributed by atoms with Crippen molar-refractivity contribution in [2.75, 3.05) is 85.9 Å². The van der Waals surface area contributed by atoms with Gasteiger partial charge in [0.25, 0.3) is 0 Å². The van der Waals surface area contributed by atoms with Crippen molar-refractivity contribution in [2.24, 2.45) is 5.92 Å². The van der Waals surface area contributed by atoms with Crippen LogP contribution in [0, 0.1) is 5.92 Å². The lowest BCUT2D eigenvalue weighted by Gasteiger charge is -2.37. The summed E-state index contributed by atoms with van der Waals surface area (Å²) in [7, 11) is 0. The van der Waals surface area contributed by atoms with E-state index in [9.17, 15) is 0 Å². The molecule has 5 saturated heterocycles. The molecule has 9 atom stereocenters. The van der Waals surface area contributed by atoms with Gasteiger partial charge >= 0.3 is 0 Å². The van der Waals surface area contributed by atoms with Crippen LogP contribution in [-0.2, 0) is 52.1 Å². The number of epoxide rings is 5. The van der Waals surface area contributed by atoms with Gasteiger partial charge < -0.3 is 52.1 Å². The van der Waals surface area contributed by atoms with Crippen molar-refractivity contribution in [3.8, 4) is 0 Å². The molecule has 0 spiro atoms. The fraction of sp³-hybridized carbons (Fsp3) is 1.00. The quantitative estimate of drug-likeness (QED) is 0.170. The smallest absolute Gasteiger partial charge is 0.115 e. The lowest BCUT2D eigenvalue weighted by molar-refractivity contribution is -0.200. The number of ether oxygens (including phenoxy) is 11. The molecule has 1 aliphatic carbocycles. The zero-order valence-corrected chi connectivity index (χ0v) is 20.9. The molecule has 5 unspecified atom stereocenters. The molecule has 0 aromatic carbocycles. The topological polar surface area (TPSA) is 118 Å². The van der Waals surface area contributed by atoms with E-state index in [-0.39, 0.29) is 42.7 Å². The van der Waals surface area contributed by atoms with Crippen molar-refractivity contribution < 1.29 is 52.1 Å². The number of rotatable bonds is 23. The van der Waals surface area contributed by atoms with Gasteiger partial charge in [-0.2, -0.15) is 0 Å². The summed E-state index contributed by atoms with van der Waals surface area (Å²) < 4.78 is 64.7. The second-order valence-corrected chi connectivity index (χ2v) is 10.6. The van der Waals surface area contributed by atoms with E-state index >= 15 is 0 Å². The summed E-state index contributed by atoms with van der Waals surface area (Å²) >= 11 is 0. The first-order valence-electron chi connectivity index (χ1n) is 13.5. The molecule has 0 N–H and O–H groups in total. The van der Waals surface area contributed by atoms with Gasteiger partial charge in [0.15, 0.2) is 0 Å². The molecule has 0 aromatic rings. The van der Waals surface area contributed by atoms with Crippen molar-refractivity contribution in [2.45, 2.75) is 67.8 Å². The monoisotopic (exact) mass is 516 g/mol. The summed E-state index contributed by atoms with van der Waals surface area (Å²) in [5.74, 6) is 0.656. The van der Waals surface area contributed by atoms with Gasteiger partial charge in [0, 0.05) is 6.61 Å². The van der Waals surface area contributed by atoms with Crippen LogP contribution in [0.5, 0.6) is 0 Å². The Labute approximate surface area is 212 Å². The molecule has 6 fully saturated rings. The summed E-state index contributed by atoms with van der Waals surface area (Å²) in [4.78, 5) is 0. The SMILES string of the molecule is C1CC1COC[C@H](OCC1CO1)[C@@H](OCC1CO1)[C@H](OCC1CO1)[C@@H](COCC1CO1)OCC1CO1. The normalized spacial score (nSPS) is 35.2. The number of hydrogen-bond donors (Lipinski definition) is 0. The summed E-state index contributed by atoms with van der Waals surface area (Å²) in [5, 5.41) is 0. The molecular formula is C25H40O11. The first-order chi connectivity index (χ1) is 17.8. The van der Waals surface area contributed by atoms with Crippen LogP contribution < -0.4 is 0 Å². The van der Waals surface area contributed by atoms with E-state index in [4.69, 9.17) is 52.1 Å². The minimum absolute atomic E-state index is 0.0958. The second-order valence-electron chi connectivity index (χ2n) is 10.6. The highest BCUT2D eigenvalue weighted by molar-refractivity contribution is 4.90. The van der Waals surface area contributed by atoms with E-state index in [1.54, 1.807) is 0 Å². The van der Waals surface area contributed by atoms with Crippen LogP contribution in [0.15, 0.2) is 0 Å². The summed E-state index contributed by atoms with van der Waals surface area (Å²) in [6, 6.07) is 0. The third kappa shape index (κ3) is 9.39. The molecule has 6 rings (SSSR count). The zero-order valence-electron chi connectivity index (χ0n) is 20.9. The minimum atomic E-state index is -0.457. The Bertz CT molecular complexity index is 602. The van der Waals surface area contributed by atoms with Crippen LogP contribution in [0.4, 0.5) is 0 Å². The minimum Gasteiger partial charge on any atom is -0.378 e. The average molecular weight is 517 g/mol. The number of hydrogen-bond acceptors (Lipinski definition) is 11. The van der Waals surface area contributed by atoms with Crippen molar-refractivity contribution in [1.82, 2.24) is 0 Å². The van der Waals surface area contributed by atoms with E-state index < -0.39 is 12.2 Å². The van der Waals surface area contributed by atoms with Crippen LogP contribution in [0.3, 0.4) is 0 Å². The Balaban J connectivity index is 1.16. The van der Waals surface area contributed by atoms with E-state index in [1.165, 1.54) is 12.8 Å². The molecule has 5 heterocycles. The van der Waals surface area contributed by atoms with Crippen molar-refractivity contribution in [1.29, 1.82) is 0 Å². The van der Waals surface area contributed by atoms with E-state index in [1.807, 2.05) is 0 Å². The van der Waals surface area contributed by atoms with Crippen LogP contribution >= 0.6 is 0 Å². The molecule has 0 radical (unpaired) electrons. The fourth-order valence-electron chi connectivity index (χ4n) is 3.97. The molecule has 0 bridgehead atoms. The molecule has 5 aliphatic heterocycles. The van der Waals surface area contributed by atoms with Gasteiger partial charge in [-0.15, -0.1) is 0 Å². The molecule has 0 amide bonds. The van der Waals surface area contributed by atoms with Crippen molar-refractivity contribution in [3.05, 3.63) is 0 Å². The van der Waals surface area contributed by atoms with Gasteiger partial charge in [-0.25, -0.2) is 0 Å². The predicted molar refractivity (Wildman–Crippen MR) is 122 cm³/mol. The summed E-state index contributed by atoms with van der Waals surface area (Å²) in [6.07, 6.45) is 1.43. The third-order valence-corrected chi connectivity index (χ3v) is 6.93. The van der Waals surface area contributed by atoms with Crippen LogP contribution in [0.2, 0.25) is 0 Å². The van der Waals surface area contributed by atoms with E-state index in [2.05, 4.69) is 0 Å². The molecule has 36 heavy (non-hydrogen) atoms. The lowest BCUT2D eigenvalue weighted by Crippen LogP contribution is -2.53. The molecule has 11 nitrogen and oxygen atoms in total. The first kappa shape index (κ1) is 25.8. The highest BCUT2D eigenvalue weighted by atomic mass is 16.7. The van der Waals surface area contributed by atoms with Gasteiger partial charge in [-0.1, -0.05) is 0 Å². The predicted octanol–water partition coefficient (Wildman–Crippen LogP) is -0.0356. The fourth-order valence-corrected chi connectivity index (χ4v) is 3.97. The Morgan fingerprint density at radius 2 is 0.833 bits per heavy atom. The first-order valence-corrected chi connectivity index (χ1v) is 13.5. The van der Waals surface area contributed by atoms with Crippen LogP contribution in [-0.4, -0.2) is 141 Å². The second kappa shape index (κ2) is 12.6. The van der Waals surface area contributed by atoms with Crippen LogP contribution in [0.1, 0.15) is 12.8 Å².